The first kappa shape index (κ1) is 22.0. The molecule has 1 N–H and O–H groups in total. The minimum absolute atomic E-state index is 1.06. The average molecular weight is 389 g/mol. The van der Waals surface area contributed by atoms with Crippen LogP contribution in [0.3, 0.4) is 0 Å². The lowest BCUT2D eigenvalue weighted by Gasteiger charge is -2.02. The molecule has 0 aliphatic heterocycles. The third kappa shape index (κ3) is 8.10. The van der Waals surface area contributed by atoms with Gasteiger partial charge < -0.3 is 9.84 Å². The molecule has 0 saturated carbocycles. The number of benzene rings is 1. The summed E-state index contributed by atoms with van der Waals surface area (Å²) in [6.07, 6.45) is 9.81. The van der Waals surface area contributed by atoms with Crippen LogP contribution in [0.4, 0.5) is 0 Å². The molecule has 0 amide bonds. The van der Waals surface area contributed by atoms with Crippen molar-refractivity contribution >= 4 is 11.8 Å². The van der Waals surface area contributed by atoms with Crippen molar-refractivity contribution in [2.24, 2.45) is 0 Å². The smallest absolute Gasteiger partial charge is 0.140 e. The van der Waals surface area contributed by atoms with E-state index in [-0.39, 0.29) is 0 Å². The topological polar surface area (TPSA) is 38.1 Å². The molecular weight excluding hydrogens is 352 g/mol. The molecule has 0 radical (unpaired) electrons. The Balaban J connectivity index is 0.000000194. The van der Waals surface area contributed by atoms with Crippen molar-refractivity contribution in [3.63, 3.8) is 0 Å². The summed E-state index contributed by atoms with van der Waals surface area (Å²) in [5.41, 5.74) is 4.01. The largest absolute Gasteiger partial charge is 0.361 e. The third-order valence-corrected chi connectivity index (χ3v) is 5.88. The maximum Gasteiger partial charge on any atom is 0.140 e. The lowest BCUT2D eigenvalue weighted by Crippen LogP contribution is -2.15. The number of hydrogen-bond donors (Lipinski definition) is 1. The Bertz CT molecular complexity index is 636. The normalized spacial score (nSPS) is 13.4. The summed E-state index contributed by atoms with van der Waals surface area (Å²) in [5, 5.41) is 7.50. The fraction of sp³-hybridized carbons (Fsp3) is 0.609. The molecule has 4 heteroatoms. The molecule has 0 atom stereocenters. The zero-order valence-corrected chi connectivity index (χ0v) is 18.2. The molecule has 3 rings (SSSR count). The SMILES string of the molecule is CCCCc1onc2c1CCCCC2.CCNCCSc1ccc(C)cc1. The van der Waals surface area contributed by atoms with Crippen LogP contribution in [0.15, 0.2) is 33.7 Å². The molecule has 1 aliphatic rings. The number of hydrogen-bond acceptors (Lipinski definition) is 4. The van der Waals surface area contributed by atoms with Crippen LogP contribution in [-0.4, -0.2) is 24.0 Å². The van der Waals surface area contributed by atoms with Gasteiger partial charge in [0, 0.05) is 29.2 Å². The van der Waals surface area contributed by atoms with Gasteiger partial charge in [-0.25, -0.2) is 0 Å². The van der Waals surface area contributed by atoms with Crippen LogP contribution >= 0.6 is 11.8 Å². The van der Waals surface area contributed by atoms with Crippen LogP contribution in [0.25, 0.3) is 0 Å². The fourth-order valence-electron chi connectivity index (χ4n) is 3.22. The van der Waals surface area contributed by atoms with E-state index >= 15 is 0 Å². The average Bonchev–Trinajstić information content (AvgIpc) is 2.91. The van der Waals surface area contributed by atoms with E-state index in [0.29, 0.717) is 0 Å². The summed E-state index contributed by atoms with van der Waals surface area (Å²) in [7, 11) is 0. The molecule has 27 heavy (non-hydrogen) atoms. The zero-order valence-electron chi connectivity index (χ0n) is 17.4. The van der Waals surface area contributed by atoms with Crippen LogP contribution in [0.1, 0.15) is 68.5 Å². The van der Waals surface area contributed by atoms with E-state index in [4.69, 9.17) is 4.52 Å². The Morgan fingerprint density at radius 2 is 1.85 bits per heavy atom. The molecule has 0 unspecified atom stereocenters. The predicted octanol–water partition coefficient (Wildman–Crippen LogP) is 5.98. The zero-order chi connectivity index (χ0) is 19.3. The van der Waals surface area contributed by atoms with Crippen molar-refractivity contribution in [2.75, 3.05) is 18.8 Å². The maximum atomic E-state index is 5.43. The van der Waals surface area contributed by atoms with Gasteiger partial charge in [0.15, 0.2) is 0 Å². The highest BCUT2D eigenvalue weighted by molar-refractivity contribution is 7.99. The van der Waals surface area contributed by atoms with Gasteiger partial charge >= 0.3 is 0 Å². The summed E-state index contributed by atoms with van der Waals surface area (Å²) < 4.78 is 5.43. The first-order chi connectivity index (χ1) is 13.2. The third-order valence-electron chi connectivity index (χ3n) is 4.87. The number of aromatic nitrogens is 1. The van der Waals surface area contributed by atoms with Crippen molar-refractivity contribution in [2.45, 2.75) is 77.0 Å². The van der Waals surface area contributed by atoms with E-state index in [1.807, 2.05) is 11.8 Å². The van der Waals surface area contributed by atoms with Crippen LogP contribution in [0.2, 0.25) is 0 Å². The highest BCUT2D eigenvalue weighted by Gasteiger charge is 2.17. The number of nitrogens with zero attached hydrogens (tertiary/aromatic N) is 1. The van der Waals surface area contributed by atoms with Gasteiger partial charge in [0.05, 0.1) is 5.69 Å². The molecule has 1 aromatic carbocycles. The molecule has 2 aromatic rings. The van der Waals surface area contributed by atoms with Crippen LogP contribution in [-0.2, 0) is 19.3 Å². The Morgan fingerprint density at radius 3 is 2.59 bits per heavy atom. The van der Waals surface area contributed by atoms with Crippen molar-refractivity contribution in [3.05, 3.63) is 46.8 Å². The van der Waals surface area contributed by atoms with Crippen LogP contribution in [0.5, 0.6) is 0 Å². The van der Waals surface area contributed by atoms with E-state index in [2.05, 4.69) is 55.5 Å². The van der Waals surface area contributed by atoms with Crippen LogP contribution < -0.4 is 5.32 Å². The van der Waals surface area contributed by atoms with E-state index in [9.17, 15) is 0 Å². The van der Waals surface area contributed by atoms with E-state index in [1.54, 1.807) is 0 Å². The van der Waals surface area contributed by atoms with Crippen molar-refractivity contribution in [1.82, 2.24) is 10.5 Å². The second-order valence-electron chi connectivity index (χ2n) is 7.21. The number of aryl methyl sites for hydroxylation is 3. The minimum Gasteiger partial charge on any atom is -0.361 e. The summed E-state index contributed by atoms with van der Waals surface area (Å²) in [5.74, 6) is 2.32. The molecule has 1 aliphatic carbocycles. The highest BCUT2D eigenvalue weighted by Crippen LogP contribution is 2.24. The Labute approximate surface area is 169 Å². The Morgan fingerprint density at radius 1 is 1.07 bits per heavy atom. The number of thioether (sulfide) groups is 1. The number of nitrogens with one attached hydrogen (secondary N) is 1. The lowest BCUT2D eigenvalue weighted by molar-refractivity contribution is 0.371. The molecule has 0 fully saturated rings. The van der Waals surface area contributed by atoms with E-state index < -0.39 is 0 Å². The highest BCUT2D eigenvalue weighted by atomic mass is 32.2. The van der Waals surface area contributed by atoms with Crippen molar-refractivity contribution in [3.8, 4) is 0 Å². The standard InChI is InChI=1S/C12H19NO.C11H17NS/c1-2-3-9-12-10-7-5-4-6-8-11(10)13-14-12;1-3-12-8-9-13-11-6-4-10(2)5-7-11/h2-9H2,1H3;4-7,12H,3,8-9H2,1-2H3. The number of rotatable bonds is 8. The van der Waals surface area contributed by atoms with Gasteiger partial charge in [0.1, 0.15) is 5.76 Å². The predicted molar refractivity (Wildman–Crippen MR) is 117 cm³/mol. The van der Waals surface area contributed by atoms with Crippen LogP contribution in [0, 0.1) is 6.92 Å². The van der Waals surface area contributed by atoms with Gasteiger partial charge in [0.25, 0.3) is 0 Å². The molecule has 0 spiro atoms. The Kier molecular flexibility index (Phi) is 10.6. The van der Waals surface area contributed by atoms with Gasteiger partial charge in [-0.2, -0.15) is 0 Å². The summed E-state index contributed by atoms with van der Waals surface area (Å²) in [4.78, 5) is 1.36. The molecule has 0 saturated heterocycles. The second-order valence-corrected chi connectivity index (χ2v) is 8.38. The van der Waals surface area contributed by atoms with Crippen molar-refractivity contribution < 1.29 is 4.52 Å². The van der Waals surface area contributed by atoms with Gasteiger partial charge in [-0.15, -0.1) is 11.8 Å². The van der Waals surface area contributed by atoms with Crippen molar-refractivity contribution in [1.29, 1.82) is 0 Å². The Hall–Kier alpha value is -1.26. The first-order valence-electron chi connectivity index (χ1n) is 10.6. The fourth-order valence-corrected chi connectivity index (χ4v) is 4.03. The molecule has 150 valence electrons. The van der Waals surface area contributed by atoms with Gasteiger partial charge in [-0.1, -0.05) is 49.5 Å². The van der Waals surface area contributed by atoms with Gasteiger partial charge in [0.2, 0.25) is 0 Å². The van der Waals surface area contributed by atoms with Gasteiger partial charge in [-0.3, -0.25) is 0 Å². The summed E-state index contributed by atoms with van der Waals surface area (Å²) in [6, 6.07) is 8.70. The minimum atomic E-state index is 1.06. The quantitative estimate of drug-likeness (QED) is 0.343. The van der Waals surface area contributed by atoms with E-state index in [1.165, 1.54) is 66.0 Å². The summed E-state index contributed by atoms with van der Waals surface area (Å²) in [6.45, 7) is 8.63. The number of fused-ring (bicyclic) bond motifs is 1. The van der Waals surface area contributed by atoms with Gasteiger partial charge in [-0.05, 0) is 57.7 Å². The van der Waals surface area contributed by atoms with E-state index in [0.717, 1.165) is 31.7 Å². The first-order valence-corrected chi connectivity index (χ1v) is 11.6. The molecular formula is C23H36N2OS. The molecule has 0 bridgehead atoms. The molecule has 1 heterocycles. The molecule has 1 aromatic heterocycles. The second kappa shape index (κ2) is 13.0. The lowest BCUT2D eigenvalue weighted by atomic mass is 10.1. The number of unbranched alkanes of at least 4 members (excludes halogenated alkanes) is 1. The molecule has 3 nitrogen and oxygen atoms in total. The summed E-state index contributed by atoms with van der Waals surface area (Å²) >= 11 is 1.91. The maximum absolute atomic E-state index is 5.43. The monoisotopic (exact) mass is 388 g/mol.